The molecule has 3 heteroatoms. The van der Waals surface area contributed by atoms with Crippen LogP contribution in [0.25, 0.3) is 0 Å². The first kappa shape index (κ1) is 8.89. The standard InChI is InChI=1S/C12H12O3/c1-15-9-5-8(13)10-6-2-3-7(4-6)11(10)12(9)14/h5-7H,2-4H2,1H3/t6-,7+/m0/s1. The summed E-state index contributed by atoms with van der Waals surface area (Å²) in [6.07, 6.45) is 4.47. The molecule has 0 saturated heterocycles. The molecule has 0 N–H and O–H groups in total. The highest BCUT2D eigenvalue weighted by Gasteiger charge is 2.46. The molecule has 78 valence electrons. The van der Waals surface area contributed by atoms with E-state index >= 15 is 0 Å². The fourth-order valence-corrected chi connectivity index (χ4v) is 3.13. The normalized spacial score (nSPS) is 33.3. The first-order valence-corrected chi connectivity index (χ1v) is 5.31. The molecule has 1 fully saturated rings. The summed E-state index contributed by atoms with van der Waals surface area (Å²) in [5.74, 6) is 0.815. The highest BCUT2D eigenvalue weighted by atomic mass is 16.5. The summed E-state index contributed by atoms with van der Waals surface area (Å²) in [6, 6.07) is 0. The summed E-state index contributed by atoms with van der Waals surface area (Å²) < 4.78 is 4.95. The van der Waals surface area contributed by atoms with Gasteiger partial charge in [-0.05, 0) is 31.1 Å². The van der Waals surface area contributed by atoms with Crippen molar-refractivity contribution in [1.29, 1.82) is 0 Å². The minimum atomic E-state index is -0.0562. The van der Waals surface area contributed by atoms with Crippen LogP contribution in [0.15, 0.2) is 23.0 Å². The second-order valence-electron chi connectivity index (χ2n) is 4.44. The number of ether oxygens (including phenoxy) is 1. The molecule has 3 nitrogen and oxygen atoms in total. The Bertz CT molecular complexity index is 428. The van der Waals surface area contributed by atoms with Crippen LogP contribution in [0.1, 0.15) is 19.3 Å². The Hall–Kier alpha value is -1.38. The number of carbonyl (C=O) groups is 2. The van der Waals surface area contributed by atoms with Crippen LogP contribution in [-0.4, -0.2) is 18.7 Å². The Morgan fingerprint density at radius 2 is 1.87 bits per heavy atom. The van der Waals surface area contributed by atoms with Gasteiger partial charge in [0.25, 0.3) is 0 Å². The summed E-state index contributed by atoms with van der Waals surface area (Å²) in [7, 11) is 1.44. The van der Waals surface area contributed by atoms with Crippen molar-refractivity contribution < 1.29 is 14.3 Å². The molecule has 3 aliphatic carbocycles. The Balaban J connectivity index is 2.10. The van der Waals surface area contributed by atoms with Crippen LogP contribution in [0, 0.1) is 11.8 Å². The van der Waals surface area contributed by atoms with Gasteiger partial charge < -0.3 is 4.74 Å². The maximum atomic E-state index is 12.0. The number of hydrogen-bond acceptors (Lipinski definition) is 3. The quantitative estimate of drug-likeness (QED) is 0.606. The van der Waals surface area contributed by atoms with E-state index in [4.69, 9.17) is 4.74 Å². The van der Waals surface area contributed by atoms with Gasteiger partial charge in [0.05, 0.1) is 7.11 Å². The minimum absolute atomic E-state index is 0.00588. The lowest BCUT2D eigenvalue weighted by molar-refractivity contribution is -0.118. The highest BCUT2D eigenvalue weighted by Crippen LogP contribution is 2.51. The SMILES string of the molecule is COC1=CC(=O)C2=C(C1=O)[C@@H]1CC[C@H]2C1. The van der Waals surface area contributed by atoms with Crippen molar-refractivity contribution in [3.8, 4) is 0 Å². The van der Waals surface area contributed by atoms with Crippen molar-refractivity contribution in [2.24, 2.45) is 11.8 Å². The summed E-state index contributed by atoms with van der Waals surface area (Å²) in [6.45, 7) is 0. The van der Waals surface area contributed by atoms with Gasteiger partial charge in [-0.3, -0.25) is 9.59 Å². The topological polar surface area (TPSA) is 43.4 Å². The number of rotatable bonds is 1. The molecule has 0 aromatic carbocycles. The number of ketones is 2. The molecule has 3 aliphatic rings. The molecule has 3 rings (SSSR count). The van der Waals surface area contributed by atoms with Crippen LogP contribution in [0.5, 0.6) is 0 Å². The Kier molecular flexibility index (Phi) is 1.67. The van der Waals surface area contributed by atoms with Gasteiger partial charge in [0.1, 0.15) is 0 Å². The number of Topliss-reactive ketones (excluding diaryl/α,β-unsaturated/α-hetero) is 1. The highest BCUT2D eigenvalue weighted by molar-refractivity contribution is 6.23. The summed E-state index contributed by atoms with van der Waals surface area (Å²) >= 11 is 0. The molecule has 15 heavy (non-hydrogen) atoms. The lowest BCUT2D eigenvalue weighted by atomic mass is 9.83. The largest absolute Gasteiger partial charge is 0.493 e. The maximum Gasteiger partial charge on any atom is 0.224 e. The molecule has 0 heterocycles. The van der Waals surface area contributed by atoms with E-state index in [1.165, 1.54) is 13.2 Å². The Morgan fingerprint density at radius 1 is 1.20 bits per heavy atom. The molecule has 0 aliphatic heterocycles. The minimum Gasteiger partial charge on any atom is -0.493 e. The van der Waals surface area contributed by atoms with E-state index in [2.05, 4.69) is 0 Å². The van der Waals surface area contributed by atoms with E-state index in [9.17, 15) is 9.59 Å². The lowest BCUT2D eigenvalue weighted by Gasteiger charge is -2.21. The summed E-state index contributed by atoms with van der Waals surface area (Å²) in [5.41, 5.74) is 1.55. The van der Waals surface area contributed by atoms with Crippen molar-refractivity contribution in [3.05, 3.63) is 23.0 Å². The number of hydrogen-bond donors (Lipinski definition) is 0. The van der Waals surface area contributed by atoms with Crippen LogP contribution in [0.3, 0.4) is 0 Å². The number of fused-ring (bicyclic) bond motifs is 4. The average Bonchev–Trinajstić information content (AvgIpc) is 2.83. The third kappa shape index (κ3) is 1.01. The zero-order valence-corrected chi connectivity index (χ0v) is 8.58. The van der Waals surface area contributed by atoms with Crippen LogP contribution < -0.4 is 0 Å². The third-order valence-electron chi connectivity index (χ3n) is 3.76. The molecule has 2 atom stereocenters. The second kappa shape index (κ2) is 2.81. The van der Waals surface area contributed by atoms with Gasteiger partial charge in [-0.2, -0.15) is 0 Å². The molecule has 1 saturated carbocycles. The van der Waals surface area contributed by atoms with Gasteiger partial charge in [0.15, 0.2) is 11.5 Å². The fourth-order valence-electron chi connectivity index (χ4n) is 3.13. The van der Waals surface area contributed by atoms with E-state index in [0.717, 1.165) is 30.4 Å². The zero-order chi connectivity index (χ0) is 10.6. The monoisotopic (exact) mass is 204 g/mol. The van der Waals surface area contributed by atoms with E-state index in [-0.39, 0.29) is 17.3 Å². The first-order chi connectivity index (χ1) is 7.22. The molecule has 0 radical (unpaired) electrons. The number of allylic oxidation sites excluding steroid dienone is 3. The van der Waals surface area contributed by atoms with Crippen molar-refractivity contribution in [3.63, 3.8) is 0 Å². The van der Waals surface area contributed by atoms with Gasteiger partial charge >= 0.3 is 0 Å². The predicted octanol–water partition coefficient (Wildman–Crippen LogP) is 1.39. The van der Waals surface area contributed by atoms with Crippen LogP contribution >= 0.6 is 0 Å². The van der Waals surface area contributed by atoms with Crippen LogP contribution in [-0.2, 0) is 14.3 Å². The smallest absolute Gasteiger partial charge is 0.224 e. The van der Waals surface area contributed by atoms with Crippen LogP contribution in [0.4, 0.5) is 0 Å². The average molecular weight is 204 g/mol. The van der Waals surface area contributed by atoms with E-state index in [1.54, 1.807) is 0 Å². The fraction of sp³-hybridized carbons (Fsp3) is 0.500. The molecule has 0 spiro atoms. The molecule has 0 unspecified atom stereocenters. The van der Waals surface area contributed by atoms with Gasteiger partial charge in [0, 0.05) is 17.2 Å². The van der Waals surface area contributed by atoms with E-state index < -0.39 is 0 Å². The zero-order valence-electron chi connectivity index (χ0n) is 8.58. The Morgan fingerprint density at radius 3 is 2.53 bits per heavy atom. The molecule has 0 amide bonds. The molecule has 0 aromatic rings. The second-order valence-corrected chi connectivity index (χ2v) is 4.44. The van der Waals surface area contributed by atoms with Gasteiger partial charge in [-0.1, -0.05) is 0 Å². The maximum absolute atomic E-state index is 12.0. The molecule has 2 bridgehead atoms. The van der Waals surface area contributed by atoms with Crippen molar-refractivity contribution in [2.45, 2.75) is 19.3 Å². The van der Waals surface area contributed by atoms with Gasteiger partial charge in [0.2, 0.25) is 5.78 Å². The Labute approximate surface area is 87.8 Å². The van der Waals surface area contributed by atoms with Crippen LogP contribution in [0.2, 0.25) is 0 Å². The van der Waals surface area contributed by atoms with Crippen molar-refractivity contribution in [2.75, 3.05) is 7.11 Å². The third-order valence-corrected chi connectivity index (χ3v) is 3.76. The first-order valence-electron chi connectivity index (χ1n) is 5.31. The molecular weight excluding hydrogens is 192 g/mol. The van der Waals surface area contributed by atoms with E-state index in [0.29, 0.717) is 11.8 Å². The number of methoxy groups -OCH3 is 1. The molecule has 0 aromatic heterocycles. The van der Waals surface area contributed by atoms with Gasteiger partial charge in [-0.25, -0.2) is 0 Å². The lowest BCUT2D eigenvalue weighted by Crippen LogP contribution is -2.24. The van der Waals surface area contributed by atoms with E-state index in [1.807, 2.05) is 0 Å². The summed E-state index contributed by atoms with van der Waals surface area (Å²) in [5, 5.41) is 0. The van der Waals surface area contributed by atoms with Gasteiger partial charge in [-0.15, -0.1) is 0 Å². The summed E-state index contributed by atoms with van der Waals surface area (Å²) in [4.78, 5) is 23.8. The predicted molar refractivity (Wildman–Crippen MR) is 53.0 cm³/mol. The molecular formula is C12H12O3. The van der Waals surface area contributed by atoms with Crippen molar-refractivity contribution >= 4 is 11.6 Å². The number of carbonyl (C=O) groups excluding carboxylic acids is 2. The van der Waals surface area contributed by atoms with Crippen molar-refractivity contribution in [1.82, 2.24) is 0 Å².